The second-order valence-corrected chi connectivity index (χ2v) is 6.99. The van der Waals surface area contributed by atoms with Crippen LogP contribution >= 0.6 is 0 Å². The maximum absolute atomic E-state index is 5.26. The van der Waals surface area contributed by atoms with Crippen molar-refractivity contribution < 1.29 is 4.74 Å². The third kappa shape index (κ3) is 3.05. The van der Waals surface area contributed by atoms with Crippen LogP contribution in [0.3, 0.4) is 0 Å². The molecule has 0 unspecified atom stereocenters. The highest BCUT2D eigenvalue weighted by Gasteiger charge is 2.33. The van der Waals surface area contributed by atoms with Gasteiger partial charge in [0, 0.05) is 42.8 Å². The van der Waals surface area contributed by atoms with Crippen LogP contribution in [0.25, 0.3) is 11.4 Å². The number of hydrogen-bond donors (Lipinski definition) is 0. The molecule has 2 aromatic heterocycles. The molecular weight excluding hydrogens is 300 g/mol. The number of pyridine rings is 1. The van der Waals surface area contributed by atoms with Gasteiger partial charge in [0.25, 0.3) is 0 Å². The van der Waals surface area contributed by atoms with Gasteiger partial charge in [-0.15, -0.1) is 0 Å². The third-order valence-electron chi connectivity index (χ3n) is 5.58. The van der Waals surface area contributed by atoms with Crippen LogP contribution in [0.2, 0.25) is 0 Å². The Morgan fingerprint density at radius 1 is 1.12 bits per heavy atom. The Balaban J connectivity index is 1.56. The molecule has 2 aromatic rings. The zero-order chi connectivity index (χ0) is 16.4. The molecule has 0 amide bonds. The van der Waals surface area contributed by atoms with E-state index in [9.17, 15) is 0 Å². The molecule has 4 heterocycles. The van der Waals surface area contributed by atoms with Gasteiger partial charge in [-0.2, -0.15) is 0 Å². The lowest BCUT2D eigenvalue weighted by Crippen LogP contribution is -2.49. The van der Waals surface area contributed by atoms with Crippen molar-refractivity contribution in [3.05, 3.63) is 30.7 Å². The first kappa shape index (κ1) is 15.6. The summed E-state index contributed by atoms with van der Waals surface area (Å²) >= 11 is 0. The molecule has 4 rings (SSSR count). The van der Waals surface area contributed by atoms with Gasteiger partial charge in [0.2, 0.25) is 5.88 Å². The van der Waals surface area contributed by atoms with Crippen molar-refractivity contribution in [2.75, 3.05) is 20.2 Å². The van der Waals surface area contributed by atoms with E-state index in [1.807, 2.05) is 18.3 Å². The third-order valence-corrected chi connectivity index (χ3v) is 5.58. The van der Waals surface area contributed by atoms with Crippen LogP contribution in [0.15, 0.2) is 30.7 Å². The zero-order valence-electron chi connectivity index (χ0n) is 14.4. The van der Waals surface area contributed by atoms with Crippen LogP contribution in [-0.4, -0.2) is 45.7 Å². The first-order chi connectivity index (χ1) is 11.8. The Hall–Kier alpha value is -1.88. The minimum absolute atomic E-state index is 0.637. The van der Waals surface area contributed by atoms with Crippen molar-refractivity contribution >= 4 is 0 Å². The normalized spacial score (nSPS) is 24.5. The highest BCUT2D eigenvalue weighted by molar-refractivity contribution is 5.56. The minimum Gasteiger partial charge on any atom is -0.481 e. The number of imidazole rings is 1. The van der Waals surface area contributed by atoms with E-state index in [0.29, 0.717) is 5.88 Å². The first-order valence-electron chi connectivity index (χ1n) is 9.11. The van der Waals surface area contributed by atoms with Crippen LogP contribution in [0.4, 0.5) is 0 Å². The van der Waals surface area contributed by atoms with E-state index in [0.717, 1.165) is 29.9 Å². The monoisotopic (exact) mass is 326 g/mol. The predicted molar refractivity (Wildman–Crippen MR) is 93.9 cm³/mol. The largest absolute Gasteiger partial charge is 0.481 e. The lowest BCUT2D eigenvalue weighted by Gasteiger charge is -2.44. The van der Waals surface area contributed by atoms with E-state index in [4.69, 9.17) is 4.74 Å². The fourth-order valence-electron chi connectivity index (χ4n) is 4.42. The Kier molecular flexibility index (Phi) is 4.52. The SMILES string of the molecule is COc1cc(-c2nccn2C[C@@H]2CCCN3CCCC[C@H]23)ccn1. The summed E-state index contributed by atoms with van der Waals surface area (Å²) < 4.78 is 7.58. The van der Waals surface area contributed by atoms with Crippen molar-refractivity contribution in [2.24, 2.45) is 5.92 Å². The number of ether oxygens (including phenoxy) is 1. The number of aromatic nitrogens is 3. The Morgan fingerprint density at radius 2 is 2.04 bits per heavy atom. The van der Waals surface area contributed by atoms with Crippen LogP contribution in [0, 0.1) is 5.92 Å². The Bertz CT molecular complexity index is 682. The number of methoxy groups -OCH3 is 1. The molecular formula is C19H26N4O. The standard InChI is InChI=1S/C19H26N4O/c1-24-18-13-15(7-8-20-18)19-21-9-12-23(19)14-16-5-4-11-22-10-3-2-6-17(16)22/h7-9,12-13,16-17H,2-6,10-11,14H2,1H3/t16-,17+/m0/s1. The topological polar surface area (TPSA) is 43.2 Å². The predicted octanol–water partition coefficient (Wildman–Crippen LogP) is 3.22. The molecule has 5 nitrogen and oxygen atoms in total. The molecule has 128 valence electrons. The van der Waals surface area contributed by atoms with Crippen molar-refractivity contribution in [3.63, 3.8) is 0 Å². The van der Waals surface area contributed by atoms with E-state index in [-0.39, 0.29) is 0 Å². The van der Waals surface area contributed by atoms with Gasteiger partial charge in [0.05, 0.1) is 7.11 Å². The lowest BCUT2D eigenvalue weighted by atomic mass is 9.83. The minimum atomic E-state index is 0.637. The van der Waals surface area contributed by atoms with E-state index in [1.165, 1.54) is 45.2 Å². The number of nitrogens with zero attached hydrogens (tertiary/aromatic N) is 4. The molecule has 0 aliphatic carbocycles. The second kappa shape index (κ2) is 6.93. The summed E-state index contributed by atoms with van der Waals surface area (Å²) in [6, 6.07) is 4.73. The number of piperidine rings is 2. The average Bonchev–Trinajstić information content (AvgIpc) is 3.10. The van der Waals surface area contributed by atoms with Crippen molar-refractivity contribution in [1.29, 1.82) is 0 Å². The van der Waals surface area contributed by atoms with Gasteiger partial charge < -0.3 is 14.2 Å². The van der Waals surface area contributed by atoms with Crippen molar-refractivity contribution in [1.82, 2.24) is 19.4 Å². The molecule has 2 atom stereocenters. The summed E-state index contributed by atoms with van der Waals surface area (Å²) in [4.78, 5) is 11.5. The molecule has 0 saturated carbocycles. The molecule has 2 aliphatic heterocycles. The van der Waals surface area contributed by atoms with Gasteiger partial charge in [-0.3, -0.25) is 0 Å². The molecule has 0 N–H and O–H groups in total. The average molecular weight is 326 g/mol. The van der Waals surface area contributed by atoms with Gasteiger partial charge in [-0.1, -0.05) is 6.42 Å². The van der Waals surface area contributed by atoms with Gasteiger partial charge in [0.1, 0.15) is 5.82 Å². The smallest absolute Gasteiger partial charge is 0.213 e. The van der Waals surface area contributed by atoms with Gasteiger partial charge in [-0.05, 0) is 50.8 Å². The highest BCUT2D eigenvalue weighted by atomic mass is 16.5. The van der Waals surface area contributed by atoms with Crippen molar-refractivity contribution in [3.8, 4) is 17.3 Å². The first-order valence-corrected chi connectivity index (χ1v) is 9.11. The summed E-state index contributed by atoms with van der Waals surface area (Å²) in [6.07, 6.45) is 12.6. The number of rotatable bonds is 4. The van der Waals surface area contributed by atoms with Crippen LogP contribution in [0.1, 0.15) is 32.1 Å². The zero-order valence-corrected chi connectivity index (χ0v) is 14.4. The molecule has 0 aromatic carbocycles. The fraction of sp³-hybridized carbons (Fsp3) is 0.579. The highest BCUT2D eigenvalue weighted by Crippen LogP contribution is 2.33. The summed E-state index contributed by atoms with van der Waals surface area (Å²) in [6.45, 7) is 3.64. The van der Waals surface area contributed by atoms with E-state index < -0.39 is 0 Å². The summed E-state index contributed by atoms with van der Waals surface area (Å²) in [7, 11) is 1.65. The van der Waals surface area contributed by atoms with Gasteiger partial charge in [-0.25, -0.2) is 9.97 Å². The molecule has 0 radical (unpaired) electrons. The Labute approximate surface area is 143 Å². The van der Waals surface area contributed by atoms with Gasteiger partial charge >= 0.3 is 0 Å². The summed E-state index contributed by atoms with van der Waals surface area (Å²) in [5, 5.41) is 0. The maximum atomic E-state index is 5.26. The molecule has 2 fully saturated rings. The van der Waals surface area contributed by atoms with Crippen LogP contribution in [0.5, 0.6) is 5.88 Å². The molecule has 2 saturated heterocycles. The summed E-state index contributed by atoms with van der Waals surface area (Å²) in [5.74, 6) is 2.39. The van der Waals surface area contributed by atoms with E-state index in [2.05, 4.69) is 25.6 Å². The van der Waals surface area contributed by atoms with E-state index >= 15 is 0 Å². The molecule has 5 heteroatoms. The second-order valence-electron chi connectivity index (χ2n) is 6.99. The quantitative estimate of drug-likeness (QED) is 0.865. The number of hydrogen-bond acceptors (Lipinski definition) is 4. The van der Waals surface area contributed by atoms with Crippen LogP contribution < -0.4 is 4.74 Å². The van der Waals surface area contributed by atoms with E-state index in [1.54, 1.807) is 13.3 Å². The van der Waals surface area contributed by atoms with Crippen molar-refractivity contribution in [2.45, 2.75) is 44.7 Å². The van der Waals surface area contributed by atoms with Gasteiger partial charge in [0.15, 0.2) is 0 Å². The number of fused-ring (bicyclic) bond motifs is 1. The van der Waals surface area contributed by atoms with Crippen LogP contribution in [-0.2, 0) is 6.54 Å². The molecule has 0 spiro atoms. The molecule has 2 aliphatic rings. The fourth-order valence-corrected chi connectivity index (χ4v) is 4.42. The molecule has 24 heavy (non-hydrogen) atoms. The maximum Gasteiger partial charge on any atom is 0.213 e. The Morgan fingerprint density at radius 3 is 2.96 bits per heavy atom. The summed E-state index contributed by atoms with van der Waals surface area (Å²) in [5.41, 5.74) is 1.07. The molecule has 0 bridgehead atoms. The lowest BCUT2D eigenvalue weighted by molar-refractivity contribution is 0.0521.